The minimum atomic E-state index is -0.315. The van der Waals surface area contributed by atoms with Gasteiger partial charge in [-0.2, -0.15) is 0 Å². The Morgan fingerprint density at radius 3 is 1.32 bits per heavy atom. The van der Waals surface area contributed by atoms with E-state index in [0.29, 0.717) is 0 Å². The first kappa shape index (κ1) is 14.1. The predicted molar refractivity (Wildman–Crippen MR) is 84.1 cm³/mol. The zero-order chi connectivity index (χ0) is 14.0. The van der Waals surface area contributed by atoms with Crippen LogP contribution in [0.4, 0.5) is 0 Å². The van der Waals surface area contributed by atoms with E-state index in [1.165, 1.54) is 22.3 Å². The molecule has 2 rings (SSSR count). The molecule has 0 amide bonds. The first-order valence-electron chi connectivity index (χ1n) is 6.70. The van der Waals surface area contributed by atoms with Gasteiger partial charge in [0.15, 0.2) is 0 Å². The molecule has 0 N–H and O–H groups in total. The highest BCUT2D eigenvalue weighted by atomic mass is 35.5. The van der Waals surface area contributed by atoms with Gasteiger partial charge in [0.25, 0.3) is 0 Å². The van der Waals surface area contributed by atoms with Crippen LogP contribution < -0.4 is 0 Å². The maximum absolute atomic E-state index is 6.65. The molecule has 2 aromatic rings. The lowest BCUT2D eigenvalue weighted by Gasteiger charge is -2.29. The van der Waals surface area contributed by atoms with E-state index in [2.05, 4.69) is 76.2 Å². The average Bonchev–Trinajstić information content (AvgIpc) is 2.33. The van der Waals surface area contributed by atoms with Crippen molar-refractivity contribution in [3.05, 3.63) is 70.8 Å². The van der Waals surface area contributed by atoms with E-state index in [1.54, 1.807) is 0 Å². The molecule has 2 aromatic carbocycles. The van der Waals surface area contributed by atoms with E-state index in [-0.39, 0.29) is 10.8 Å². The summed E-state index contributed by atoms with van der Waals surface area (Å²) < 4.78 is 0. The highest BCUT2D eigenvalue weighted by Crippen LogP contribution is 2.39. The molecule has 0 radical (unpaired) electrons. The maximum Gasteiger partial charge on any atom is 0.0499 e. The van der Waals surface area contributed by atoms with Crippen LogP contribution in [0, 0.1) is 13.8 Å². The van der Waals surface area contributed by atoms with Crippen LogP contribution >= 0.6 is 11.6 Å². The quantitative estimate of drug-likeness (QED) is 0.652. The highest BCUT2D eigenvalue weighted by Gasteiger charge is 2.29. The highest BCUT2D eigenvalue weighted by molar-refractivity contribution is 6.24. The van der Waals surface area contributed by atoms with Crippen molar-refractivity contribution in [2.75, 3.05) is 0 Å². The van der Waals surface area contributed by atoms with Crippen molar-refractivity contribution in [2.24, 2.45) is 0 Å². The molecule has 0 atom stereocenters. The first-order valence-corrected chi connectivity index (χ1v) is 7.08. The van der Waals surface area contributed by atoms with Crippen LogP contribution in [-0.4, -0.2) is 4.87 Å². The van der Waals surface area contributed by atoms with Crippen molar-refractivity contribution < 1.29 is 0 Å². The molecule has 0 bridgehead atoms. The van der Waals surface area contributed by atoms with Crippen molar-refractivity contribution in [3.8, 4) is 0 Å². The zero-order valence-corrected chi connectivity index (χ0v) is 12.8. The smallest absolute Gasteiger partial charge is 0.0499 e. The molecule has 0 aliphatic heterocycles. The lowest BCUT2D eigenvalue weighted by Crippen LogP contribution is -2.23. The summed E-state index contributed by atoms with van der Waals surface area (Å²) in [6.07, 6.45) is 0. The minimum Gasteiger partial charge on any atom is -0.119 e. The first-order chi connectivity index (χ1) is 8.88. The van der Waals surface area contributed by atoms with Crippen LogP contribution in [0.25, 0.3) is 0 Å². The van der Waals surface area contributed by atoms with E-state index in [9.17, 15) is 0 Å². The molecule has 0 nitrogen and oxygen atoms in total. The van der Waals surface area contributed by atoms with Crippen molar-refractivity contribution >= 4 is 11.6 Å². The molecule has 1 heteroatoms. The molecule has 0 heterocycles. The lowest BCUT2D eigenvalue weighted by atomic mass is 9.81. The van der Waals surface area contributed by atoms with Crippen molar-refractivity contribution in [2.45, 2.75) is 38.5 Å². The van der Waals surface area contributed by atoms with E-state index in [1.807, 2.05) is 0 Å². The SMILES string of the molecule is Cc1ccc(C(c2ccc(C)cc2)C(C)(C)Cl)cc1. The van der Waals surface area contributed by atoms with Gasteiger partial charge in [-0.3, -0.25) is 0 Å². The summed E-state index contributed by atoms with van der Waals surface area (Å²) in [5.41, 5.74) is 5.10. The largest absolute Gasteiger partial charge is 0.119 e. The second-order valence-electron chi connectivity index (χ2n) is 5.82. The van der Waals surface area contributed by atoms with Gasteiger partial charge in [-0.15, -0.1) is 11.6 Å². The third-order valence-electron chi connectivity index (χ3n) is 3.51. The number of halogens is 1. The van der Waals surface area contributed by atoms with Gasteiger partial charge in [-0.25, -0.2) is 0 Å². The molecule has 0 spiro atoms. The summed E-state index contributed by atoms with van der Waals surface area (Å²) >= 11 is 6.65. The molecule has 19 heavy (non-hydrogen) atoms. The van der Waals surface area contributed by atoms with Crippen LogP contribution in [0.2, 0.25) is 0 Å². The number of aryl methyl sites for hydroxylation is 2. The molecular formula is C18H21Cl. The second kappa shape index (κ2) is 5.38. The van der Waals surface area contributed by atoms with Gasteiger partial charge in [-0.1, -0.05) is 59.7 Å². The Morgan fingerprint density at radius 2 is 1.05 bits per heavy atom. The molecule has 0 saturated heterocycles. The number of rotatable bonds is 3. The minimum absolute atomic E-state index is 0.204. The summed E-state index contributed by atoms with van der Waals surface area (Å²) in [6.45, 7) is 8.38. The van der Waals surface area contributed by atoms with E-state index < -0.39 is 0 Å². The molecule has 0 fully saturated rings. The summed E-state index contributed by atoms with van der Waals surface area (Å²) in [5.74, 6) is 0.204. The fourth-order valence-corrected chi connectivity index (χ4v) is 2.75. The molecule has 0 aliphatic rings. The van der Waals surface area contributed by atoms with E-state index in [4.69, 9.17) is 11.6 Å². The monoisotopic (exact) mass is 272 g/mol. The van der Waals surface area contributed by atoms with Gasteiger partial charge in [0.05, 0.1) is 0 Å². The van der Waals surface area contributed by atoms with Crippen LogP contribution in [-0.2, 0) is 0 Å². The van der Waals surface area contributed by atoms with Crippen LogP contribution in [0.3, 0.4) is 0 Å². The molecule has 0 aliphatic carbocycles. The number of benzene rings is 2. The summed E-state index contributed by atoms with van der Waals surface area (Å²) in [7, 11) is 0. The molecule has 0 saturated carbocycles. The van der Waals surface area contributed by atoms with Gasteiger partial charge in [0.1, 0.15) is 0 Å². The maximum atomic E-state index is 6.65. The summed E-state index contributed by atoms with van der Waals surface area (Å²) in [6, 6.07) is 17.3. The van der Waals surface area contributed by atoms with Gasteiger partial charge in [0, 0.05) is 10.8 Å². The number of alkyl halides is 1. The Bertz CT molecular complexity index is 484. The Balaban J connectivity index is 2.47. The fourth-order valence-electron chi connectivity index (χ4n) is 2.50. The Kier molecular flexibility index (Phi) is 4.01. The average molecular weight is 273 g/mol. The topological polar surface area (TPSA) is 0 Å². The summed E-state index contributed by atoms with van der Waals surface area (Å²) in [4.78, 5) is -0.315. The molecule has 0 aromatic heterocycles. The third kappa shape index (κ3) is 3.39. The van der Waals surface area contributed by atoms with Crippen LogP contribution in [0.15, 0.2) is 48.5 Å². The third-order valence-corrected chi connectivity index (χ3v) is 3.73. The van der Waals surface area contributed by atoms with Crippen LogP contribution in [0.5, 0.6) is 0 Å². The lowest BCUT2D eigenvalue weighted by molar-refractivity contribution is 0.605. The van der Waals surface area contributed by atoms with E-state index in [0.717, 1.165) is 0 Å². The predicted octanol–water partition coefficient (Wildman–Crippen LogP) is 5.45. The standard InChI is InChI=1S/C18H21Cl/c1-13-5-9-15(10-6-13)17(18(3,4)19)16-11-7-14(2)8-12-16/h5-12,17H,1-4H3. The van der Waals surface area contributed by atoms with Gasteiger partial charge >= 0.3 is 0 Å². The Labute approximate surface area is 121 Å². The number of hydrogen-bond acceptors (Lipinski definition) is 0. The van der Waals surface area contributed by atoms with Crippen molar-refractivity contribution in [3.63, 3.8) is 0 Å². The molecule has 0 unspecified atom stereocenters. The van der Waals surface area contributed by atoms with Gasteiger partial charge in [-0.05, 0) is 38.8 Å². The molecular weight excluding hydrogens is 252 g/mol. The van der Waals surface area contributed by atoms with Gasteiger partial charge in [0.2, 0.25) is 0 Å². The van der Waals surface area contributed by atoms with Gasteiger partial charge < -0.3 is 0 Å². The van der Waals surface area contributed by atoms with E-state index >= 15 is 0 Å². The number of hydrogen-bond donors (Lipinski definition) is 0. The fraction of sp³-hybridized carbons (Fsp3) is 0.333. The Morgan fingerprint density at radius 1 is 0.737 bits per heavy atom. The summed E-state index contributed by atoms with van der Waals surface area (Å²) in [5, 5.41) is 0. The second-order valence-corrected chi connectivity index (χ2v) is 6.79. The van der Waals surface area contributed by atoms with Crippen molar-refractivity contribution in [1.29, 1.82) is 0 Å². The normalized spacial score (nSPS) is 11.9. The zero-order valence-electron chi connectivity index (χ0n) is 12.1. The Hall–Kier alpha value is -1.27. The van der Waals surface area contributed by atoms with Crippen LogP contribution in [0.1, 0.15) is 42.0 Å². The van der Waals surface area contributed by atoms with Crippen molar-refractivity contribution in [1.82, 2.24) is 0 Å². The molecule has 100 valence electrons.